The van der Waals surface area contributed by atoms with Gasteiger partial charge >= 0.3 is 0 Å². The number of hydrogen-bond acceptors (Lipinski definition) is 3. The summed E-state index contributed by atoms with van der Waals surface area (Å²) in [7, 11) is 1.88. The summed E-state index contributed by atoms with van der Waals surface area (Å²) in [6.07, 6.45) is 8.89. The van der Waals surface area contributed by atoms with Crippen LogP contribution in [0.5, 0.6) is 5.75 Å². The quantitative estimate of drug-likeness (QED) is 0.687. The minimum atomic E-state index is -0.408. The van der Waals surface area contributed by atoms with E-state index in [4.69, 9.17) is 4.74 Å². The van der Waals surface area contributed by atoms with Gasteiger partial charge in [0.2, 0.25) is 0 Å². The van der Waals surface area contributed by atoms with Crippen LogP contribution in [0.25, 0.3) is 0 Å². The second kappa shape index (κ2) is 9.13. The summed E-state index contributed by atoms with van der Waals surface area (Å²) < 4.78 is 20.8. The molecular weight excluding hydrogens is 391 g/mol. The molecule has 0 spiro atoms. The number of nitrogens with zero attached hydrogens (tertiary/aromatic N) is 1. The lowest BCUT2D eigenvalue weighted by atomic mass is 9.94. The van der Waals surface area contributed by atoms with Gasteiger partial charge in [-0.05, 0) is 60.7 Å². The van der Waals surface area contributed by atoms with Crippen LogP contribution in [0.1, 0.15) is 71.1 Å². The van der Waals surface area contributed by atoms with E-state index >= 15 is 4.39 Å². The fourth-order valence-corrected chi connectivity index (χ4v) is 4.61. The molecule has 0 bridgehead atoms. The van der Waals surface area contributed by atoms with Crippen LogP contribution in [0, 0.1) is 12.7 Å². The van der Waals surface area contributed by atoms with Gasteiger partial charge in [-0.25, -0.2) is 4.39 Å². The van der Waals surface area contributed by atoms with Crippen molar-refractivity contribution in [1.29, 1.82) is 0 Å². The van der Waals surface area contributed by atoms with E-state index < -0.39 is 5.82 Å². The number of benzene rings is 2. The van der Waals surface area contributed by atoms with E-state index in [1.54, 1.807) is 11.8 Å². The van der Waals surface area contributed by atoms with Gasteiger partial charge in [-0.3, -0.25) is 4.79 Å². The minimum absolute atomic E-state index is 0.103. The number of ether oxygens (including phenoxy) is 1. The molecule has 0 radical (unpaired) electrons. The second-order valence-electron chi connectivity index (χ2n) is 8.69. The highest BCUT2D eigenvalue weighted by atomic mass is 19.1. The van der Waals surface area contributed by atoms with Crippen molar-refractivity contribution in [2.45, 2.75) is 57.9 Å². The zero-order chi connectivity index (χ0) is 22.0. The van der Waals surface area contributed by atoms with E-state index in [1.807, 2.05) is 19.3 Å². The number of rotatable bonds is 6. The maximum atomic E-state index is 15.1. The van der Waals surface area contributed by atoms with Crippen molar-refractivity contribution in [2.24, 2.45) is 0 Å². The monoisotopic (exact) mass is 422 g/mol. The molecule has 4 nitrogen and oxygen atoms in total. The number of nitrogens with one attached hydrogen (secondary N) is 1. The van der Waals surface area contributed by atoms with Gasteiger partial charge in [0, 0.05) is 19.0 Å². The summed E-state index contributed by atoms with van der Waals surface area (Å²) in [6.45, 7) is 4.06. The lowest BCUT2D eigenvalue weighted by Gasteiger charge is -2.34. The summed E-state index contributed by atoms with van der Waals surface area (Å²) in [4.78, 5) is 14.9. The summed E-state index contributed by atoms with van der Waals surface area (Å²) in [5.41, 5.74) is 4.05. The molecule has 1 atom stereocenters. The Morgan fingerprint density at radius 3 is 2.65 bits per heavy atom. The van der Waals surface area contributed by atoms with E-state index in [-0.39, 0.29) is 24.4 Å². The van der Waals surface area contributed by atoms with E-state index in [0.717, 1.165) is 36.8 Å². The lowest BCUT2D eigenvalue weighted by Crippen LogP contribution is -2.44. The number of fused-ring (bicyclic) bond motifs is 1. The van der Waals surface area contributed by atoms with Crippen LogP contribution in [-0.2, 0) is 6.42 Å². The third-order valence-electron chi connectivity index (χ3n) is 6.63. The topological polar surface area (TPSA) is 41.6 Å². The molecule has 2 aromatic carbocycles. The summed E-state index contributed by atoms with van der Waals surface area (Å²) >= 11 is 0. The maximum Gasteiger partial charge on any atom is 0.260 e. The molecule has 1 unspecified atom stereocenters. The van der Waals surface area contributed by atoms with Gasteiger partial charge in [-0.1, -0.05) is 50.1 Å². The van der Waals surface area contributed by atoms with Crippen LogP contribution >= 0.6 is 0 Å². The van der Waals surface area contributed by atoms with Crippen LogP contribution in [0.3, 0.4) is 0 Å². The number of carbonyl (C=O) groups is 1. The van der Waals surface area contributed by atoms with Crippen LogP contribution in [0.4, 0.5) is 4.39 Å². The zero-order valence-corrected chi connectivity index (χ0v) is 18.6. The first-order valence-electron chi connectivity index (χ1n) is 11.2. The Labute approximate surface area is 184 Å². The fourth-order valence-electron chi connectivity index (χ4n) is 4.61. The van der Waals surface area contributed by atoms with Gasteiger partial charge in [0.25, 0.3) is 5.91 Å². The number of allylic oxidation sites excluding steroid dienone is 1. The molecule has 1 fully saturated rings. The minimum Gasteiger partial charge on any atom is -0.469 e. The Balaban J connectivity index is 1.58. The zero-order valence-electron chi connectivity index (χ0n) is 18.6. The van der Waals surface area contributed by atoms with E-state index in [9.17, 15) is 4.79 Å². The Kier molecular flexibility index (Phi) is 6.30. The van der Waals surface area contributed by atoms with Crippen molar-refractivity contribution in [2.75, 3.05) is 13.8 Å². The van der Waals surface area contributed by atoms with Gasteiger partial charge in [0.15, 0.2) is 18.3 Å². The van der Waals surface area contributed by atoms with Gasteiger partial charge in [-0.15, -0.1) is 0 Å². The standard InChI is InChI=1S/C26H31FN2O2/c1-17(12-13-28-3)20-10-8-19(9-11-20)14-21-15-23-25(24(27)18(21)2)31-16-29(26(23)30)22-6-4-5-7-22/h8-13,15,17,22,28H,4-7,14,16H2,1-3H3/b13-12-. The molecule has 1 heterocycles. The van der Waals surface area contributed by atoms with Crippen LogP contribution < -0.4 is 10.1 Å². The third-order valence-corrected chi connectivity index (χ3v) is 6.63. The number of carbonyl (C=O) groups excluding carboxylic acids is 1. The first kappa shape index (κ1) is 21.4. The molecule has 1 aliphatic carbocycles. The second-order valence-corrected chi connectivity index (χ2v) is 8.69. The average molecular weight is 423 g/mol. The highest BCUT2D eigenvalue weighted by Crippen LogP contribution is 2.36. The van der Waals surface area contributed by atoms with Crippen molar-refractivity contribution < 1.29 is 13.9 Å². The molecule has 0 aromatic heterocycles. The van der Waals surface area contributed by atoms with E-state index in [0.29, 0.717) is 23.5 Å². The molecule has 2 aromatic rings. The number of amides is 1. The Bertz CT molecular complexity index is 978. The third kappa shape index (κ3) is 4.32. The smallest absolute Gasteiger partial charge is 0.260 e. The van der Waals surface area contributed by atoms with Gasteiger partial charge < -0.3 is 15.0 Å². The summed E-state index contributed by atoms with van der Waals surface area (Å²) in [5, 5.41) is 3.02. The molecule has 1 aliphatic heterocycles. The molecule has 2 aliphatic rings. The molecule has 164 valence electrons. The molecule has 1 N–H and O–H groups in total. The highest BCUT2D eigenvalue weighted by Gasteiger charge is 2.35. The Hall–Kier alpha value is -2.82. The van der Waals surface area contributed by atoms with Crippen molar-refractivity contribution in [3.8, 4) is 5.75 Å². The SMILES string of the molecule is CN/C=C\C(C)c1ccc(Cc2cc3c(c(F)c2C)OCN(C2CCCC2)C3=O)cc1. The molecule has 4 rings (SSSR count). The fraction of sp³-hybridized carbons (Fsp3) is 0.423. The summed E-state index contributed by atoms with van der Waals surface area (Å²) in [5.74, 6) is -0.0927. The van der Waals surface area contributed by atoms with Crippen molar-refractivity contribution >= 4 is 5.91 Å². The molecule has 1 amide bonds. The molecule has 1 saturated carbocycles. The predicted molar refractivity (Wildman–Crippen MR) is 121 cm³/mol. The first-order chi connectivity index (χ1) is 15.0. The van der Waals surface area contributed by atoms with E-state index in [1.165, 1.54) is 5.56 Å². The van der Waals surface area contributed by atoms with Crippen LogP contribution in [0.15, 0.2) is 42.6 Å². The van der Waals surface area contributed by atoms with Gasteiger partial charge in [0.1, 0.15) is 0 Å². The first-order valence-corrected chi connectivity index (χ1v) is 11.2. The molecular formula is C26H31FN2O2. The lowest BCUT2D eigenvalue weighted by molar-refractivity contribution is 0.0377. The van der Waals surface area contributed by atoms with Crippen molar-refractivity contribution in [3.05, 3.63) is 76.2 Å². The van der Waals surface area contributed by atoms with Gasteiger partial charge in [-0.2, -0.15) is 0 Å². The normalized spacial score (nSPS) is 17.7. The molecule has 5 heteroatoms. The van der Waals surface area contributed by atoms with Crippen LogP contribution in [-0.4, -0.2) is 30.6 Å². The van der Waals surface area contributed by atoms with E-state index in [2.05, 4.69) is 42.6 Å². The van der Waals surface area contributed by atoms with Crippen LogP contribution in [0.2, 0.25) is 0 Å². The summed E-state index contributed by atoms with van der Waals surface area (Å²) in [6, 6.07) is 10.4. The average Bonchev–Trinajstić information content (AvgIpc) is 3.31. The number of hydrogen-bond donors (Lipinski definition) is 1. The predicted octanol–water partition coefficient (Wildman–Crippen LogP) is 5.30. The largest absolute Gasteiger partial charge is 0.469 e. The Morgan fingerprint density at radius 2 is 1.97 bits per heavy atom. The van der Waals surface area contributed by atoms with Crippen molar-refractivity contribution in [1.82, 2.24) is 10.2 Å². The maximum absolute atomic E-state index is 15.1. The molecule has 0 saturated heterocycles. The van der Waals surface area contributed by atoms with Crippen molar-refractivity contribution in [3.63, 3.8) is 0 Å². The Morgan fingerprint density at radius 1 is 1.26 bits per heavy atom. The number of halogens is 1. The van der Waals surface area contributed by atoms with Gasteiger partial charge in [0.05, 0.1) is 5.56 Å². The highest BCUT2D eigenvalue weighted by molar-refractivity contribution is 5.98. The molecule has 31 heavy (non-hydrogen) atoms.